The molecule has 3 N–H and O–H groups in total. The fraction of sp³-hybridized carbons (Fsp3) is 0.278. The van der Waals surface area contributed by atoms with Crippen molar-refractivity contribution in [1.82, 2.24) is 10.6 Å². The largest absolute Gasteiger partial charge is 0.348 e. The van der Waals surface area contributed by atoms with Gasteiger partial charge in [-0.25, -0.2) is 8.42 Å². The summed E-state index contributed by atoms with van der Waals surface area (Å²) in [5, 5.41) is 6.52. The van der Waals surface area contributed by atoms with Gasteiger partial charge in [-0.05, 0) is 49.7 Å². The number of hydrogen-bond donors (Lipinski definition) is 3. The molecule has 0 aromatic heterocycles. The van der Waals surface area contributed by atoms with Crippen LogP contribution in [0, 0.1) is 0 Å². The molecule has 0 aliphatic carbocycles. The maximum Gasteiger partial charge on any atom is 0.261 e. The van der Waals surface area contributed by atoms with Gasteiger partial charge >= 0.3 is 0 Å². The molecule has 1 atom stereocenters. The normalized spacial score (nSPS) is 17.5. The van der Waals surface area contributed by atoms with Crippen molar-refractivity contribution < 1.29 is 13.2 Å². The summed E-state index contributed by atoms with van der Waals surface area (Å²) >= 11 is 6.02. The average Bonchev–Trinajstić information content (AvgIpc) is 2.64. The van der Waals surface area contributed by atoms with Gasteiger partial charge in [0.15, 0.2) is 0 Å². The fourth-order valence-electron chi connectivity index (χ4n) is 2.83. The highest BCUT2D eigenvalue weighted by Crippen LogP contribution is 2.24. The number of amides is 1. The van der Waals surface area contributed by atoms with E-state index in [4.69, 9.17) is 11.6 Å². The highest BCUT2D eigenvalue weighted by molar-refractivity contribution is 7.92. The molecule has 1 aliphatic heterocycles. The quantitative estimate of drug-likeness (QED) is 0.728. The number of hydrogen-bond acceptors (Lipinski definition) is 4. The maximum absolute atomic E-state index is 12.7. The molecule has 6 nitrogen and oxygen atoms in total. The Morgan fingerprint density at radius 1 is 1.15 bits per heavy atom. The van der Waals surface area contributed by atoms with Gasteiger partial charge in [0.2, 0.25) is 0 Å². The summed E-state index contributed by atoms with van der Waals surface area (Å²) in [6, 6.07) is 12.5. The van der Waals surface area contributed by atoms with Crippen molar-refractivity contribution in [1.29, 1.82) is 0 Å². The van der Waals surface area contributed by atoms with Crippen LogP contribution in [0.5, 0.6) is 0 Å². The highest BCUT2D eigenvalue weighted by atomic mass is 35.5. The molecule has 26 heavy (non-hydrogen) atoms. The molecular weight excluding hydrogens is 374 g/mol. The van der Waals surface area contributed by atoms with Crippen molar-refractivity contribution in [2.24, 2.45) is 0 Å². The van der Waals surface area contributed by atoms with E-state index in [1.54, 1.807) is 24.3 Å². The first-order chi connectivity index (χ1) is 12.5. The van der Waals surface area contributed by atoms with E-state index in [9.17, 15) is 13.2 Å². The van der Waals surface area contributed by atoms with E-state index >= 15 is 0 Å². The van der Waals surface area contributed by atoms with Crippen molar-refractivity contribution in [3.05, 3.63) is 59.1 Å². The van der Waals surface area contributed by atoms with Crippen molar-refractivity contribution in [3.8, 4) is 0 Å². The zero-order valence-electron chi connectivity index (χ0n) is 14.0. The number of carbonyl (C=O) groups excluding carboxylic acids is 1. The molecule has 1 amide bonds. The second-order valence-electron chi connectivity index (χ2n) is 6.13. The number of carbonyl (C=O) groups is 1. The van der Waals surface area contributed by atoms with Gasteiger partial charge in [0, 0.05) is 17.6 Å². The molecule has 2 aromatic rings. The summed E-state index contributed by atoms with van der Waals surface area (Å²) in [5.74, 6) is -0.355. The minimum Gasteiger partial charge on any atom is -0.348 e. The smallest absolute Gasteiger partial charge is 0.261 e. The van der Waals surface area contributed by atoms with Gasteiger partial charge in [-0.3, -0.25) is 9.52 Å². The SMILES string of the molecule is O=C(NC1CCCNC1)c1cc(Cl)ccc1NS(=O)(=O)c1ccccc1. The Morgan fingerprint density at radius 3 is 2.62 bits per heavy atom. The summed E-state index contributed by atoms with van der Waals surface area (Å²) < 4.78 is 27.6. The van der Waals surface area contributed by atoms with E-state index in [0.29, 0.717) is 11.6 Å². The van der Waals surface area contributed by atoms with E-state index in [0.717, 1.165) is 19.4 Å². The van der Waals surface area contributed by atoms with Crippen LogP contribution in [0.2, 0.25) is 5.02 Å². The van der Waals surface area contributed by atoms with E-state index in [2.05, 4.69) is 15.4 Å². The van der Waals surface area contributed by atoms with Gasteiger partial charge in [-0.2, -0.15) is 0 Å². The minimum absolute atomic E-state index is 0.00816. The molecule has 2 aromatic carbocycles. The lowest BCUT2D eigenvalue weighted by Gasteiger charge is -2.24. The molecular formula is C18H20ClN3O3S. The lowest BCUT2D eigenvalue weighted by Crippen LogP contribution is -2.45. The van der Waals surface area contributed by atoms with Crippen LogP contribution >= 0.6 is 11.6 Å². The first-order valence-electron chi connectivity index (χ1n) is 8.35. The van der Waals surface area contributed by atoms with Crippen molar-refractivity contribution in [3.63, 3.8) is 0 Å². The summed E-state index contributed by atoms with van der Waals surface area (Å²) in [7, 11) is -3.80. The first-order valence-corrected chi connectivity index (χ1v) is 10.2. The molecule has 0 bridgehead atoms. The van der Waals surface area contributed by atoms with Crippen LogP contribution in [0.1, 0.15) is 23.2 Å². The van der Waals surface area contributed by atoms with Crippen LogP contribution in [0.3, 0.4) is 0 Å². The molecule has 8 heteroatoms. The van der Waals surface area contributed by atoms with E-state index in [1.807, 2.05) is 0 Å². The van der Waals surface area contributed by atoms with Crippen LogP contribution in [0.4, 0.5) is 5.69 Å². The second kappa shape index (κ2) is 8.07. The predicted molar refractivity (Wildman–Crippen MR) is 102 cm³/mol. The molecule has 1 fully saturated rings. The molecule has 138 valence electrons. The van der Waals surface area contributed by atoms with Crippen molar-refractivity contribution in [2.45, 2.75) is 23.8 Å². The minimum atomic E-state index is -3.80. The number of sulfonamides is 1. The summed E-state index contributed by atoms with van der Waals surface area (Å²) in [5.41, 5.74) is 0.391. The number of benzene rings is 2. The number of halogens is 1. The zero-order chi connectivity index (χ0) is 18.6. The van der Waals surface area contributed by atoms with Crippen molar-refractivity contribution >= 4 is 33.2 Å². The fourth-order valence-corrected chi connectivity index (χ4v) is 4.11. The van der Waals surface area contributed by atoms with E-state index in [1.165, 1.54) is 24.3 Å². The predicted octanol–water partition coefficient (Wildman–Crippen LogP) is 2.62. The molecule has 1 heterocycles. The van der Waals surface area contributed by atoms with Gasteiger partial charge < -0.3 is 10.6 Å². The van der Waals surface area contributed by atoms with Crippen molar-refractivity contribution in [2.75, 3.05) is 17.8 Å². The molecule has 1 unspecified atom stereocenters. The Bertz CT molecular complexity index is 882. The molecule has 0 radical (unpaired) electrons. The van der Waals surface area contributed by atoms with E-state index in [-0.39, 0.29) is 28.1 Å². The van der Waals surface area contributed by atoms with Gasteiger partial charge in [-0.15, -0.1) is 0 Å². The van der Waals surface area contributed by atoms with E-state index < -0.39 is 10.0 Å². The third-order valence-electron chi connectivity index (χ3n) is 4.16. The molecule has 1 aliphatic rings. The number of anilines is 1. The highest BCUT2D eigenvalue weighted by Gasteiger charge is 2.21. The second-order valence-corrected chi connectivity index (χ2v) is 8.24. The van der Waals surface area contributed by atoms with Gasteiger partial charge in [0.1, 0.15) is 0 Å². The van der Waals surface area contributed by atoms with Crippen LogP contribution in [-0.2, 0) is 10.0 Å². The Labute approximate surface area is 158 Å². The molecule has 0 saturated carbocycles. The van der Waals surface area contributed by atoms with Gasteiger partial charge in [-0.1, -0.05) is 29.8 Å². The Hall–Kier alpha value is -2.09. The Kier molecular flexibility index (Phi) is 5.80. The van der Waals surface area contributed by atoms with Crippen LogP contribution < -0.4 is 15.4 Å². The van der Waals surface area contributed by atoms with Crippen LogP contribution in [0.15, 0.2) is 53.4 Å². The maximum atomic E-state index is 12.7. The topological polar surface area (TPSA) is 87.3 Å². The molecule has 1 saturated heterocycles. The van der Waals surface area contributed by atoms with Crippen LogP contribution in [-0.4, -0.2) is 33.5 Å². The zero-order valence-corrected chi connectivity index (χ0v) is 15.6. The van der Waals surface area contributed by atoms with Crippen LogP contribution in [0.25, 0.3) is 0 Å². The first kappa shape index (κ1) is 18.7. The average molecular weight is 394 g/mol. The monoisotopic (exact) mass is 393 g/mol. The summed E-state index contributed by atoms with van der Waals surface area (Å²) in [6.07, 6.45) is 1.86. The van der Waals surface area contributed by atoms with Gasteiger partial charge in [0.05, 0.1) is 16.1 Å². The lowest BCUT2D eigenvalue weighted by molar-refractivity contribution is 0.0931. The third kappa shape index (κ3) is 4.55. The summed E-state index contributed by atoms with van der Waals surface area (Å²) in [4.78, 5) is 12.8. The Morgan fingerprint density at radius 2 is 1.92 bits per heavy atom. The molecule has 0 spiro atoms. The molecule has 3 rings (SSSR count). The third-order valence-corrected chi connectivity index (χ3v) is 5.77. The lowest BCUT2D eigenvalue weighted by atomic mass is 10.1. The van der Waals surface area contributed by atoms with Gasteiger partial charge in [0.25, 0.3) is 15.9 Å². The number of nitrogens with one attached hydrogen (secondary N) is 3. The number of rotatable bonds is 5. The number of piperidine rings is 1. The Balaban J connectivity index is 1.85. The standard InChI is InChI=1S/C18H20ClN3O3S/c19-13-8-9-17(22-26(24,25)15-6-2-1-3-7-15)16(11-13)18(23)21-14-5-4-10-20-12-14/h1-3,6-9,11,14,20,22H,4-5,10,12H2,(H,21,23). The summed E-state index contributed by atoms with van der Waals surface area (Å²) in [6.45, 7) is 1.63.